The van der Waals surface area contributed by atoms with Gasteiger partial charge in [0.2, 0.25) is 17.7 Å². The molecule has 0 fully saturated rings. The van der Waals surface area contributed by atoms with Gasteiger partial charge in [-0.15, -0.1) is 37.2 Å². The summed E-state index contributed by atoms with van der Waals surface area (Å²) in [5, 5.41) is 30.0. The minimum atomic E-state index is -0.977. The fourth-order valence-electron chi connectivity index (χ4n) is 4.94. The Balaban J connectivity index is 0.00000705. The Hall–Kier alpha value is -3.62. The van der Waals surface area contributed by atoms with E-state index in [2.05, 4.69) is 26.1 Å². The second-order valence-corrected chi connectivity index (χ2v) is 11.0. The molecule has 0 bridgehead atoms. The Morgan fingerprint density at radius 1 is 0.979 bits per heavy atom. The second kappa shape index (κ2) is 22.0. The number of phenolic OH excluding ortho intramolecular Hbond substituents is 1. The van der Waals surface area contributed by atoms with Crippen molar-refractivity contribution in [2.75, 3.05) is 13.1 Å². The standard InChI is InChI=1S/C31H45N9O4.3ClH/c1-19-15-22(41)16-20(2)23(19)18-26(38-28(42)24(33)11-8-14-36-31(34)35)29(43)37-25(12-6-7-13-32)30-39-27(40-44-30)17-21-9-4-3-5-10-21;;;/h3-5,9-10,15-16,24-26,41H,6-8,11-14,17-18,32-33H2,1-2H3,(H,37,43)(H,38,42)(H4,34,35,36);3*1H/t24-,25+,26+;;;/m1.../s1. The highest BCUT2D eigenvalue weighted by molar-refractivity contribution is 5.90. The largest absolute Gasteiger partial charge is 0.508 e. The lowest BCUT2D eigenvalue weighted by Gasteiger charge is -2.24. The maximum absolute atomic E-state index is 13.9. The second-order valence-electron chi connectivity index (χ2n) is 11.0. The normalized spacial score (nSPS) is 12.3. The summed E-state index contributed by atoms with van der Waals surface area (Å²) in [4.78, 5) is 31.6. The molecule has 0 aliphatic heterocycles. The molecular formula is C31H48Cl3N9O4. The Morgan fingerprint density at radius 3 is 2.26 bits per heavy atom. The lowest BCUT2D eigenvalue weighted by Crippen LogP contribution is -2.53. The highest BCUT2D eigenvalue weighted by Crippen LogP contribution is 2.23. The minimum absolute atomic E-state index is 0. The summed E-state index contributed by atoms with van der Waals surface area (Å²) in [6, 6.07) is 10.5. The number of halogens is 3. The molecule has 3 aromatic rings. The van der Waals surface area contributed by atoms with Crippen molar-refractivity contribution >= 4 is 55.0 Å². The van der Waals surface area contributed by atoms with Crippen molar-refractivity contribution in [3.05, 3.63) is 76.4 Å². The summed E-state index contributed by atoms with van der Waals surface area (Å²) in [5.74, 6) is -0.180. The first-order valence-electron chi connectivity index (χ1n) is 14.9. The molecule has 262 valence electrons. The Labute approximate surface area is 294 Å². The van der Waals surface area contributed by atoms with E-state index in [1.54, 1.807) is 12.1 Å². The van der Waals surface area contributed by atoms with Crippen molar-refractivity contribution in [1.29, 1.82) is 5.41 Å². The van der Waals surface area contributed by atoms with E-state index in [0.29, 0.717) is 51.0 Å². The van der Waals surface area contributed by atoms with Gasteiger partial charge in [0.1, 0.15) is 17.8 Å². The van der Waals surface area contributed by atoms with Crippen LogP contribution in [0, 0.1) is 19.3 Å². The molecule has 0 saturated carbocycles. The number of aromatic nitrogens is 2. The molecule has 16 heteroatoms. The van der Waals surface area contributed by atoms with Crippen molar-refractivity contribution < 1.29 is 19.2 Å². The number of hydrogen-bond acceptors (Lipinski definition) is 9. The van der Waals surface area contributed by atoms with Crippen molar-refractivity contribution in [2.45, 2.75) is 76.9 Å². The first kappa shape index (κ1) is 43.4. The van der Waals surface area contributed by atoms with Crippen LogP contribution >= 0.6 is 37.2 Å². The molecule has 3 rings (SSSR count). The SMILES string of the molecule is Cc1cc(O)cc(C)c1C[C@H](NC(=O)[C@H](N)CCCNC(=N)N)C(=O)N[C@@H](CCCCN)c1nc(Cc2ccccc2)no1.Cl.Cl.Cl. The van der Waals surface area contributed by atoms with Crippen LogP contribution in [0.1, 0.15) is 72.1 Å². The third-order valence-corrected chi connectivity index (χ3v) is 7.32. The van der Waals surface area contributed by atoms with E-state index >= 15 is 0 Å². The maximum atomic E-state index is 13.9. The highest BCUT2D eigenvalue weighted by Gasteiger charge is 2.29. The van der Waals surface area contributed by atoms with E-state index < -0.39 is 29.9 Å². The Bertz CT molecular complexity index is 1370. The molecule has 2 amide bonds. The van der Waals surface area contributed by atoms with Crippen LogP contribution in [0.25, 0.3) is 0 Å². The number of guanidine groups is 1. The number of nitrogens with one attached hydrogen (secondary N) is 4. The maximum Gasteiger partial charge on any atom is 0.249 e. The first-order valence-corrected chi connectivity index (χ1v) is 14.9. The smallest absolute Gasteiger partial charge is 0.249 e. The summed E-state index contributed by atoms with van der Waals surface area (Å²) >= 11 is 0. The number of hydrogen-bond donors (Lipinski definition) is 8. The number of aromatic hydroxyl groups is 1. The van der Waals surface area contributed by atoms with Crippen LogP contribution in [0.4, 0.5) is 0 Å². The van der Waals surface area contributed by atoms with E-state index in [1.807, 2.05) is 44.2 Å². The molecule has 47 heavy (non-hydrogen) atoms. The number of nitrogens with two attached hydrogens (primary N) is 3. The van der Waals surface area contributed by atoms with Gasteiger partial charge >= 0.3 is 0 Å². The monoisotopic (exact) mass is 715 g/mol. The lowest BCUT2D eigenvalue weighted by molar-refractivity contribution is -0.130. The van der Waals surface area contributed by atoms with Crippen molar-refractivity contribution in [3.63, 3.8) is 0 Å². The summed E-state index contributed by atoms with van der Waals surface area (Å²) < 4.78 is 5.60. The van der Waals surface area contributed by atoms with E-state index in [0.717, 1.165) is 28.7 Å². The summed E-state index contributed by atoms with van der Waals surface area (Å²) in [6.07, 6.45) is 3.45. The Kier molecular flexibility index (Phi) is 20.3. The molecule has 0 radical (unpaired) electrons. The first-order chi connectivity index (χ1) is 21.1. The van der Waals surface area contributed by atoms with Crippen LogP contribution in [-0.2, 0) is 22.4 Å². The van der Waals surface area contributed by atoms with Crippen molar-refractivity contribution in [3.8, 4) is 5.75 Å². The fraction of sp³-hybridized carbons (Fsp3) is 0.452. The molecule has 1 aromatic heterocycles. The summed E-state index contributed by atoms with van der Waals surface area (Å²) in [7, 11) is 0. The molecule has 0 spiro atoms. The summed E-state index contributed by atoms with van der Waals surface area (Å²) in [6.45, 7) is 4.58. The average Bonchev–Trinajstić information content (AvgIpc) is 3.44. The number of aryl methyl sites for hydroxylation is 2. The number of amides is 2. The van der Waals surface area contributed by atoms with E-state index in [1.165, 1.54) is 0 Å². The van der Waals surface area contributed by atoms with Crippen LogP contribution in [0.2, 0.25) is 0 Å². The zero-order valence-corrected chi connectivity index (χ0v) is 29.1. The van der Waals surface area contributed by atoms with Gasteiger partial charge in [0.25, 0.3) is 0 Å². The molecule has 0 aliphatic rings. The highest BCUT2D eigenvalue weighted by atomic mass is 35.5. The number of nitrogens with zero attached hydrogens (tertiary/aromatic N) is 2. The zero-order valence-electron chi connectivity index (χ0n) is 26.7. The van der Waals surface area contributed by atoms with E-state index in [9.17, 15) is 14.7 Å². The van der Waals surface area contributed by atoms with Gasteiger partial charge in [-0.1, -0.05) is 35.5 Å². The molecule has 0 aliphatic carbocycles. The summed E-state index contributed by atoms with van der Waals surface area (Å²) in [5.41, 5.74) is 20.6. The van der Waals surface area contributed by atoms with Gasteiger partial charge in [-0.3, -0.25) is 15.0 Å². The van der Waals surface area contributed by atoms with Crippen LogP contribution < -0.4 is 33.2 Å². The Morgan fingerprint density at radius 2 is 1.64 bits per heavy atom. The molecule has 11 N–H and O–H groups in total. The van der Waals surface area contributed by atoms with Gasteiger partial charge < -0.3 is 42.8 Å². The van der Waals surface area contributed by atoms with E-state index in [4.69, 9.17) is 27.1 Å². The molecular weight excluding hydrogens is 669 g/mol. The van der Waals surface area contributed by atoms with Gasteiger partial charge in [0.05, 0.1) is 6.04 Å². The van der Waals surface area contributed by atoms with Crippen LogP contribution in [0.5, 0.6) is 5.75 Å². The number of carbonyl (C=O) groups is 2. The average molecular weight is 717 g/mol. The van der Waals surface area contributed by atoms with Crippen LogP contribution in [0.3, 0.4) is 0 Å². The lowest BCUT2D eigenvalue weighted by atomic mass is 9.95. The molecule has 3 atom stereocenters. The van der Waals surface area contributed by atoms with Crippen LogP contribution in [-0.4, -0.2) is 58.2 Å². The fourth-order valence-corrected chi connectivity index (χ4v) is 4.94. The van der Waals surface area contributed by atoms with Gasteiger partial charge in [0.15, 0.2) is 11.8 Å². The molecule has 0 unspecified atom stereocenters. The third-order valence-electron chi connectivity index (χ3n) is 7.32. The predicted molar refractivity (Wildman–Crippen MR) is 189 cm³/mol. The molecule has 0 saturated heterocycles. The number of carbonyl (C=O) groups excluding carboxylic acids is 2. The third kappa shape index (κ3) is 14.4. The van der Waals surface area contributed by atoms with Gasteiger partial charge in [-0.05, 0) is 86.9 Å². The quantitative estimate of drug-likeness (QED) is 0.0578. The van der Waals surface area contributed by atoms with Crippen LogP contribution in [0.15, 0.2) is 47.0 Å². The molecule has 2 aromatic carbocycles. The van der Waals surface area contributed by atoms with Crippen molar-refractivity contribution in [1.82, 2.24) is 26.1 Å². The van der Waals surface area contributed by atoms with Gasteiger partial charge in [-0.25, -0.2) is 0 Å². The predicted octanol–water partition coefficient (Wildman–Crippen LogP) is 2.85. The number of benzene rings is 2. The van der Waals surface area contributed by atoms with Gasteiger partial charge in [0, 0.05) is 19.4 Å². The molecule has 1 heterocycles. The molecule has 13 nitrogen and oxygen atoms in total. The number of unbranched alkanes of at least 4 members (excludes halogenated alkanes) is 1. The number of phenols is 1. The minimum Gasteiger partial charge on any atom is -0.508 e. The number of rotatable bonds is 17. The zero-order chi connectivity index (χ0) is 32.1. The van der Waals surface area contributed by atoms with Gasteiger partial charge in [-0.2, -0.15) is 4.98 Å². The van der Waals surface area contributed by atoms with Crippen molar-refractivity contribution in [2.24, 2.45) is 17.2 Å². The topological polar surface area (TPSA) is 231 Å². The van der Waals surface area contributed by atoms with E-state index in [-0.39, 0.29) is 61.2 Å².